The second-order valence-corrected chi connectivity index (χ2v) is 34.5. The molecule has 13 heteroatoms. The molecular weight excluding hydrogens is 2140 g/mol. The minimum absolute atomic E-state index is 0. The van der Waals surface area contributed by atoms with Gasteiger partial charge in [-0.3, -0.25) is 10.1 Å². The van der Waals surface area contributed by atoms with Crippen molar-refractivity contribution in [2.45, 2.75) is 6.92 Å². The standard InChI is InChI=1S/C44H32N2.C36H22S.C18H14N.2C11H8N.C9H7NO.Al.2Ir.H2NP.H/c1-3-17-37(18-4-1)45(43-23-11-15-35-13-7-9-21-41(35)43)39-29-25-33(26-30-39)34-27-31-40(32-28-34)46(38-19-5-2-6-20-38)44-24-12-16-36-14-8-10-22-42(36)44;1-2-13-29-27(11-1)28-12-3-4-14-30(28)34-22-24(19-20-31(29)34)23-9-7-10-25(21-23)26-16-8-17-33-32-15-5-6-18-35(32)37-36(26)33;1-14-12-18(16-10-6-3-7-11-16)19-13-17(14)15-8-4-2-5-9-15;2*1-2-6-10(7-3-1)11-8-4-5-9-12-11;11-8-5-1-3-7-4-2-6-10-9(7)8;;;;1-2;/h1-32H;1-22H;2-10,12-13H,1H3;2*1-6,8-9H;1-6,11H;;;;1-2H;/q;;3*-1;;+1;;;;/p-1/i/hD. The third kappa shape index (κ3) is 22.7. The van der Waals surface area contributed by atoms with Gasteiger partial charge in [0.25, 0.3) is 0 Å². The molecule has 0 saturated carbocycles. The van der Waals surface area contributed by atoms with Crippen LogP contribution in [-0.2, 0) is 40.2 Å². The van der Waals surface area contributed by atoms with Crippen LogP contribution in [0.1, 0.15) is 5.56 Å². The SMILES string of the molecule is Cc1cc(-c2[c-]cccc2)ncc1-c1ccccc1.[2H]N=P.[AlH][O]c1cccc2cccnc12.[Ir].[Ir].[c-]1ccccc1-c1ccccn1.[c-]1ccccc1-c1ccccn1.c1cc(-c2ccc3c4ccccc4c4ccccc4c3c2)cc(-c2cccc3c2sc2ccccc23)c1.c1ccc(N(c2ccc(-c3ccc(N(c4ccccc4)c4cccc5ccccc45)cc3)cc2)c2cccc3ccccc23)cc1. The molecule has 5 aromatic heterocycles. The maximum atomic E-state index is 5.75. The van der Waals surface area contributed by atoms with Crippen molar-refractivity contribution in [3.63, 3.8) is 0 Å². The summed E-state index contributed by atoms with van der Waals surface area (Å²) in [4.78, 5) is 21.9. The maximum Gasteiger partial charge on any atom is 0.494 e. The summed E-state index contributed by atoms with van der Waals surface area (Å²) in [5.74, 6) is 0.839. The first-order chi connectivity index (χ1) is 69.8. The van der Waals surface area contributed by atoms with E-state index in [1.165, 1.54) is 141 Å². The Morgan fingerprint density at radius 3 is 1.20 bits per heavy atom. The molecule has 8 nitrogen and oxygen atoms in total. The van der Waals surface area contributed by atoms with E-state index in [9.17, 15) is 0 Å². The molecule has 0 spiro atoms. The van der Waals surface area contributed by atoms with Crippen molar-refractivity contribution in [1.82, 2.24) is 19.9 Å². The minimum Gasteiger partial charge on any atom is -0.649 e. The van der Waals surface area contributed by atoms with Gasteiger partial charge >= 0.3 is 16.6 Å². The van der Waals surface area contributed by atoms with E-state index < -0.39 is 0 Å². The molecule has 0 saturated heterocycles. The maximum absolute atomic E-state index is 5.75. The van der Waals surface area contributed by atoms with E-state index in [0.717, 1.165) is 84.5 Å². The van der Waals surface area contributed by atoms with Gasteiger partial charge in [-0.15, -0.1) is 119 Å². The van der Waals surface area contributed by atoms with Crippen LogP contribution in [0.3, 0.4) is 0 Å². The summed E-state index contributed by atoms with van der Waals surface area (Å²) in [7, 11) is 2.48. The van der Waals surface area contributed by atoms with Gasteiger partial charge in [0.05, 0.1) is 11.4 Å². The first-order valence-corrected chi connectivity index (χ1v) is 48.2. The van der Waals surface area contributed by atoms with Gasteiger partial charge in [-0.2, -0.15) is 0 Å². The monoisotopic (exact) mass is 2230 g/mol. The van der Waals surface area contributed by atoms with Crippen molar-refractivity contribution in [1.29, 1.82) is 5.15 Å². The van der Waals surface area contributed by atoms with Crippen LogP contribution in [0.4, 0.5) is 34.1 Å². The first kappa shape index (κ1) is 96.4. The molecule has 0 fully saturated rings. The number of hydrogen-bond acceptors (Lipinski definition) is 9. The molecule has 20 aromatic carbocycles. The smallest absolute Gasteiger partial charge is 0.494 e. The van der Waals surface area contributed by atoms with E-state index in [4.69, 9.17) is 5.20 Å². The fourth-order valence-electron chi connectivity index (χ4n) is 17.9. The summed E-state index contributed by atoms with van der Waals surface area (Å²) < 4.78 is 13.6. The van der Waals surface area contributed by atoms with Gasteiger partial charge < -0.3 is 28.5 Å². The second kappa shape index (κ2) is 48.1. The van der Waals surface area contributed by atoms with E-state index in [2.05, 4.69) is 415 Å². The van der Waals surface area contributed by atoms with Gasteiger partial charge in [-0.05, 0) is 224 Å². The first-order valence-electron chi connectivity index (χ1n) is 46.8. The minimum atomic E-state index is 0. The normalized spacial score (nSPS) is 10.6. The summed E-state index contributed by atoms with van der Waals surface area (Å²) in [6, 6.07) is 185. The number of aryl methyl sites for hydroxylation is 1. The molecule has 25 rings (SSSR count). The van der Waals surface area contributed by atoms with Gasteiger partial charge in [0.2, 0.25) is 0 Å². The molecule has 1 N–H and O–H groups in total. The molecule has 0 aliphatic rings. The Kier molecular flexibility index (Phi) is 32.7. The van der Waals surface area contributed by atoms with Crippen molar-refractivity contribution in [3.05, 3.63) is 552 Å². The number of rotatable bonds is 14. The zero-order chi connectivity index (χ0) is 95.7. The third-order valence-electron chi connectivity index (χ3n) is 24.5. The molecule has 0 unspecified atom stereocenters. The quantitative estimate of drug-likeness (QED) is 0.0502. The van der Waals surface area contributed by atoms with Crippen LogP contribution in [-0.4, -0.2) is 36.6 Å². The second-order valence-electron chi connectivity index (χ2n) is 33.1. The van der Waals surface area contributed by atoms with E-state index in [-0.39, 0.29) is 40.2 Å². The van der Waals surface area contributed by atoms with Crippen LogP contribution in [0, 0.1) is 30.3 Å². The zero-order valence-electron chi connectivity index (χ0n) is 78.6. The van der Waals surface area contributed by atoms with Gasteiger partial charge in [0, 0.05) is 130 Å². The van der Waals surface area contributed by atoms with Crippen LogP contribution in [0.2, 0.25) is 1.41 Å². The molecule has 142 heavy (non-hydrogen) atoms. The molecular formula is C129H93AlIr2N7OPS-3. The van der Waals surface area contributed by atoms with Crippen LogP contribution in [0.25, 0.3) is 163 Å². The fraction of sp³-hybridized carbons (Fsp3) is 0.00775. The van der Waals surface area contributed by atoms with Gasteiger partial charge in [-0.1, -0.05) is 328 Å². The Morgan fingerprint density at radius 2 is 0.683 bits per heavy atom. The molecule has 5 heterocycles. The van der Waals surface area contributed by atoms with Crippen molar-refractivity contribution in [2.24, 2.45) is 0 Å². The Hall–Kier alpha value is -15.9. The van der Waals surface area contributed by atoms with E-state index in [1.54, 1.807) is 18.6 Å². The fourth-order valence-corrected chi connectivity index (χ4v) is 19.3. The largest absolute Gasteiger partial charge is 0.649 e. The van der Waals surface area contributed by atoms with Crippen molar-refractivity contribution < 1.29 is 45.4 Å². The number of benzene rings is 20. The number of hydrogen-bond donors (Lipinski definition) is 1. The summed E-state index contributed by atoms with van der Waals surface area (Å²) in [5, 5.41) is 19.1. The molecule has 0 bridgehead atoms. The number of anilines is 6. The number of aromatic nitrogens is 4. The molecule has 3 radical (unpaired) electrons. The average Bonchev–Trinajstić information content (AvgIpc) is 0.942. The third-order valence-corrected chi connectivity index (χ3v) is 26.0. The summed E-state index contributed by atoms with van der Waals surface area (Å²) in [5.41, 5.74) is 24.8. The Bertz CT molecular complexity index is 8150. The number of pyridine rings is 4. The van der Waals surface area contributed by atoms with Gasteiger partial charge in [0.1, 0.15) is 11.3 Å². The van der Waals surface area contributed by atoms with Crippen LogP contribution >= 0.6 is 20.4 Å². The van der Waals surface area contributed by atoms with Crippen molar-refractivity contribution >= 4 is 156 Å². The van der Waals surface area contributed by atoms with Crippen LogP contribution < -0.4 is 13.6 Å². The summed E-state index contributed by atoms with van der Waals surface area (Å²) >= 11 is 3.36. The van der Waals surface area contributed by atoms with Crippen LogP contribution in [0.5, 0.6) is 5.75 Å². The van der Waals surface area contributed by atoms with Gasteiger partial charge in [0.15, 0.2) is 1.41 Å². The Morgan fingerprint density at radius 1 is 0.296 bits per heavy atom. The van der Waals surface area contributed by atoms with Crippen molar-refractivity contribution in [3.8, 4) is 84.0 Å². The topological polar surface area (TPSA) is 91.1 Å². The molecule has 0 aliphatic carbocycles. The van der Waals surface area contributed by atoms with E-state index in [1.807, 2.05) is 175 Å². The number of nitrogens with one attached hydrogen (secondary N) is 1. The zero-order valence-corrected chi connectivity index (χ0v) is 85.6. The predicted octanol–water partition coefficient (Wildman–Crippen LogP) is 35.4. The Labute approximate surface area is 871 Å². The number of fused-ring (bicyclic) bond motifs is 12. The Balaban J connectivity index is 0.000000127. The molecule has 0 atom stereocenters. The molecule has 685 valence electrons. The van der Waals surface area contributed by atoms with E-state index >= 15 is 0 Å². The molecule has 0 amide bonds. The predicted molar refractivity (Wildman–Crippen MR) is 595 cm³/mol. The van der Waals surface area contributed by atoms with Crippen molar-refractivity contribution in [2.75, 3.05) is 9.80 Å². The van der Waals surface area contributed by atoms with Crippen LogP contribution in [0.15, 0.2) is 528 Å². The summed E-state index contributed by atoms with van der Waals surface area (Å²) in [6.07, 6.45) is 7.29. The number of para-hydroxylation sites is 3. The number of thiophene rings is 1. The summed E-state index contributed by atoms with van der Waals surface area (Å²) in [6.45, 7) is 2.12. The average molecular weight is 2230 g/mol. The number of nitrogens with zero attached hydrogens (tertiary/aromatic N) is 6. The van der Waals surface area contributed by atoms with E-state index in [0.29, 0.717) is 0 Å². The molecule has 0 aliphatic heterocycles. The van der Waals surface area contributed by atoms with Gasteiger partial charge in [-0.25, -0.2) is 0 Å². The molecule has 25 aromatic rings.